The van der Waals surface area contributed by atoms with E-state index in [9.17, 15) is 19.5 Å². The molecule has 4 rings (SSSR count). The highest BCUT2D eigenvalue weighted by atomic mass is 19.1. The average Bonchev–Trinajstić information content (AvgIpc) is 2.66. The Morgan fingerprint density at radius 1 is 1.19 bits per heavy atom. The standard InChI is InChI=1S/C18H15FN4O3/c19-12-5-3-11(4-6-12)10-22-8-9-23-15(18(22)25)16(24)14-13(17(23)21-26)2-1-7-20-14/h1-7,24,26H,8-10H2/b21-17+. The van der Waals surface area contributed by atoms with E-state index in [4.69, 9.17) is 0 Å². The number of hydrogen-bond acceptors (Lipinski definition) is 5. The van der Waals surface area contributed by atoms with Crippen LogP contribution in [0.4, 0.5) is 4.39 Å². The molecule has 3 heterocycles. The third kappa shape index (κ3) is 2.46. The number of pyridine rings is 2. The van der Waals surface area contributed by atoms with Crippen LogP contribution in [0.3, 0.4) is 0 Å². The third-order valence-corrected chi connectivity index (χ3v) is 4.49. The highest BCUT2D eigenvalue weighted by Gasteiger charge is 2.30. The van der Waals surface area contributed by atoms with Gasteiger partial charge in [0.25, 0.3) is 5.91 Å². The first-order valence-electron chi connectivity index (χ1n) is 8.02. The van der Waals surface area contributed by atoms with Crippen LogP contribution in [0.15, 0.2) is 47.8 Å². The van der Waals surface area contributed by atoms with Crippen molar-refractivity contribution in [2.75, 3.05) is 6.54 Å². The zero-order valence-corrected chi connectivity index (χ0v) is 13.6. The van der Waals surface area contributed by atoms with Crippen molar-refractivity contribution in [1.29, 1.82) is 0 Å². The summed E-state index contributed by atoms with van der Waals surface area (Å²) in [6.07, 6.45) is 1.49. The number of aromatic nitrogens is 2. The van der Waals surface area contributed by atoms with Crippen molar-refractivity contribution in [2.45, 2.75) is 13.1 Å². The fourth-order valence-electron chi connectivity index (χ4n) is 3.24. The number of aromatic hydroxyl groups is 1. The van der Waals surface area contributed by atoms with Crippen LogP contribution in [-0.2, 0) is 13.1 Å². The Morgan fingerprint density at radius 2 is 1.96 bits per heavy atom. The first-order chi connectivity index (χ1) is 12.6. The number of benzene rings is 1. The Balaban J connectivity index is 1.81. The summed E-state index contributed by atoms with van der Waals surface area (Å²) in [5.41, 5.74) is 1.18. The molecule has 1 aliphatic heterocycles. The number of carbonyl (C=O) groups is 1. The lowest BCUT2D eigenvalue weighted by atomic mass is 10.1. The molecule has 1 aromatic carbocycles. The van der Waals surface area contributed by atoms with E-state index in [0.29, 0.717) is 18.5 Å². The van der Waals surface area contributed by atoms with Crippen molar-refractivity contribution < 1.29 is 19.5 Å². The van der Waals surface area contributed by atoms with E-state index >= 15 is 0 Å². The molecule has 3 aromatic rings. The molecule has 0 atom stereocenters. The van der Waals surface area contributed by atoms with Crippen LogP contribution in [0, 0.1) is 5.82 Å². The van der Waals surface area contributed by atoms with E-state index < -0.39 is 5.91 Å². The number of fused-ring (bicyclic) bond motifs is 2. The molecule has 0 spiro atoms. The molecule has 0 saturated heterocycles. The maximum absolute atomic E-state index is 13.1. The van der Waals surface area contributed by atoms with E-state index in [2.05, 4.69) is 10.1 Å². The van der Waals surface area contributed by atoms with E-state index in [1.165, 1.54) is 22.9 Å². The second kappa shape index (κ2) is 6.14. The van der Waals surface area contributed by atoms with Gasteiger partial charge in [-0.1, -0.05) is 17.3 Å². The van der Waals surface area contributed by atoms with Gasteiger partial charge in [-0.3, -0.25) is 9.78 Å². The van der Waals surface area contributed by atoms with Gasteiger partial charge in [-0.15, -0.1) is 0 Å². The Hall–Kier alpha value is -3.42. The third-order valence-electron chi connectivity index (χ3n) is 4.49. The predicted octanol–water partition coefficient (Wildman–Crippen LogP) is 1.83. The second-order valence-electron chi connectivity index (χ2n) is 6.03. The molecule has 0 aliphatic carbocycles. The highest BCUT2D eigenvalue weighted by molar-refractivity contribution is 6.01. The first-order valence-corrected chi connectivity index (χ1v) is 8.02. The number of nitrogens with zero attached hydrogens (tertiary/aromatic N) is 4. The van der Waals surface area contributed by atoms with Gasteiger partial charge in [-0.2, -0.15) is 0 Å². The molecule has 2 aromatic heterocycles. The van der Waals surface area contributed by atoms with Crippen molar-refractivity contribution in [1.82, 2.24) is 14.5 Å². The summed E-state index contributed by atoms with van der Waals surface area (Å²) in [5.74, 6) is -0.999. The topological polar surface area (TPSA) is 91.0 Å². The summed E-state index contributed by atoms with van der Waals surface area (Å²) in [4.78, 5) is 18.6. The summed E-state index contributed by atoms with van der Waals surface area (Å²) in [6.45, 7) is 0.992. The smallest absolute Gasteiger partial charge is 0.274 e. The number of carbonyl (C=O) groups excluding carboxylic acids is 1. The van der Waals surface area contributed by atoms with Gasteiger partial charge in [-0.25, -0.2) is 4.39 Å². The fourth-order valence-corrected chi connectivity index (χ4v) is 3.24. The molecule has 0 bridgehead atoms. The van der Waals surface area contributed by atoms with Crippen LogP contribution in [0.25, 0.3) is 10.9 Å². The molecule has 132 valence electrons. The minimum atomic E-state index is -0.407. The van der Waals surface area contributed by atoms with Gasteiger partial charge in [0.15, 0.2) is 16.9 Å². The molecule has 0 unspecified atom stereocenters. The highest BCUT2D eigenvalue weighted by Crippen LogP contribution is 2.28. The Morgan fingerprint density at radius 3 is 2.69 bits per heavy atom. The zero-order valence-electron chi connectivity index (χ0n) is 13.6. The lowest BCUT2D eigenvalue weighted by Gasteiger charge is -2.30. The molecule has 2 N–H and O–H groups in total. The molecule has 0 fully saturated rings. The number of halogens is 1. The molecule has 1 aliphatic rings. The van der Waals surface area contributed by atoms with Gasteiger partial charge in [0, 0.05) is 25.8 Å². The summed E-state index contributed by atoms with van der Waals surface area (Å²) in [6, 6.07) is 9.23. The van der Waals surface area contributed by atoms with Gasteiger partial charge in [0.1, 0.15) is 11.3 Å². The minimum absolute atomic E-state index is 0.0253. The molecule has 26 heavy (non-hydrogen) atoms. The van der Waals surface area contributed by atoms with E-state index in [1.807, 2.05) is 0 Å². The molecule has 7 nitrogen and oxygen atoms in total. The quantitative estimate of drug-likeness (QED) is 0.543. The minimum Gasteiger partial charge on any atom is -0.504 e. The molecule has 0 saturated carbocycles. The van der Waals surface area contributed by atoms with Crippen LogP contribution in [-0.4, -0.2) is 37.2 Å². The van der Waals surface area contributed by atoms with Crippen LogP contribution < -0.4 is 5.49 Å². The fraction of sp³-hybridized carbons (Fsp3) is 0.167. The molecular weight excluding hydrogens is 339 g/mol. The Bertz CT molecular complexity index is 1080. The van der Waals surface area contributed by atoms with Gasteiger partial charge in [0.05, 0.1) is 5.39 Å². The van der Waals surface area contributed by atoms with Crippen LogP contribution in [0.2, 0.25) is 0 Å². The number of hydrogen-bond donors (Lipinski definition) is 2. The SMILES string of the molecule is O=C1c2c(O)c3ncccc3/c(=N\O)n2CCN1Cc1ccc(F)cc1. The second-order valence-corrected chi connectivity index (χ2v) is 6.03. The zero-order chi connectivity index (χ0) is 18.3. The first kappa shape index (κ1) is 16.1. The largest absolute Gasteiger partial charge is 0.504 e. The molecule has 8 heteroatoms. The van der Waals surface area contributed by atoms with E-state index in [0.717, 1.165) is 5.56 Å². The van der Waals surface area contributed by atoms with Crippen LogP contribution >= 0.6 is 0 Å². The lowest BCUT2D eigenvalue weighted by Crippen LogP contribution is -2.44. The predicted molar refractivity (Wildman–Crippen MR) is 89.9 cm³/mol. The van der Waals surface area contributed by atoms with Gasteiger partial charge in [0.2, 0.25) is 0 Å². The summed E-state index contributed by atoms with van der Waals surface area (Å²) in [7, 11) is 0. The average molecular weight is 354 g/mol. The molecular formula is C18H15FN4O3. The Labute approximate surface area is 147 Å². The molecule has 1 amide bonds. The van der Waals surface area contributed by atoms with E-state index in [-0.39, 0.29) is 34.8 Å². The number of amides is 1. The monoisotopic (exact) mass is 354 g/mol. The van der Waals surface area contributed by atoms with Gasteiger partial charge < -0.3 is 19.8 Å². The van der Waals surface area contributed by atoms with Crippen LogP contribution in [0.5, 0.6) is 5.75 Å². The van der Waals surface area contributed by atoms with Gasteiger partial charge >= 0.3 is 0 Å². The van der Waals surface area contributed by atoms with Crippen molar-refractivity contribution in [3.63, 3.8) is 0 Å². The normalized spacial score (nSPS) is 14.7. The summed E-state index contributed by atoms with van der Waals surface area (Å²) >= 11 is 0. The van der Waals surface area contributed by atoms with Crippen molar-refractivity contribution in [2.24, 2.45) is 5.16 Å². The van der Waals surface area contributed by atoms with E-state index in [1.54, 1.807) is 29.2 Å². The maximum atomic E-state index is 13.1. The van der Waals surface area contributed by atoms with Crippen molar-refractivity contribution in [3.8, 4) is 5.75 Å². The van der Waals surface area contributed by atoms with Crippen molar-refractivity contribution in [3.05, 3.63) is 65.2 Å². The maximum Gasteiger partial charge on any atom is 0.274 e. The van der Waals surface area contributed by atoms with Crippen LogP contribution in [0.1, 0.15) is 16.1 Å². The summed E-state index contributed by atoms with van der Waals surface area (Å²) in [5, 5.41) is 23.8. The van der Waals surface area contributed by atoms with Gasteiger partial charge in [-0.05, 0) is 29.8 Å². The lowest BCUT2D eigenvalue weighted by molar-refractivity contribution is 0.0680. The van der Waals surface area contributed by atoms with Crippen molar-refractivity contribution >= 4 is 16.8 Å². The molecule has 0 radical (unpaired) electrons. The summed E-state index contributed by atoms with van der Waals surface area (Å²) < 4.78 is 14.6. The Kier molecular flexibility index (Phi) is 3.80. The number of rotatable bonds is 2.